The number of furan rings is 2. The third-order valence-electron chi connectivity index (χ3n) is 8.92. The molecule has 0 aliphatic heterocycles. The Kier molecular flexibility index (Phi) is 4.93. The first kappa shape index (κ1) is 24.3. The third kappa shape index (κ3) is 3.43. The molecule has 5 aromatic carbocycles. The van der Waals surface area contributed by atoms with E-state index in [0.717, 1.165) is 93.9 Å². The number of pyridine rings is 2. The van der Waals surface area contributed by atoms with Gasteiger partial charge in [0.25, 0.3) is 0 Å². The van der Waals surface area contributed by atoms with Crippen molar-refractivity contribution < 1.29 is 8.83 Å². The highest BCUT2D eigenvalue weighted by Gasteiger charge is 2.21. The van der Waals surface area contributed by atoms with E-state index >= 15 is 0 Å². The quantitative estimate of drug-likeness (QED) is 0.210. The van der Waals surface area contributed by atoms with Gasteiger partial charge >= 0.3 is 0 Å². The number of hydrogen-bond donors (Lipinski definition) is 0. The van der Waals surface area contributed by atoms with E-state index < -0.39 is 0 Å². The number of hydrogen-bond acceptors (Lipinski definition) is 4. The molecule has 0 aliphatic rings. The molecule has 0 saturated carbocycles. The molecule has 0 N–H and O–H groups in total. The van der Waals surface area contributed by atoms with Crippen LogP contribution in [-0.2, 0) is 0 Å². The lowest BCUT2D eigenvalue weighted by molar-refractivity contribution is 0.669. The molecule has 0 spiro atoms. The van der Waals surface area contributed by atoms with Crippen LogP contribution in [-0.4, -0.2) is 14.5 Å². The Morgan fingerprint density at radius 1 is 0.467 bits per heavy atom. The summed E-state index contributed by atoms with van der Waals surface area (Å²) in [6.07, 6.45) is 3.76. The van der Waals surface area contributed by atoms with Crippen LogP contribution in [0.4, 0.5) is 0 Å². The molecule has 10 rings (SSSR count). The van der Waals surface area contributed by atoms with Gasteiger partial charge in [-0.15, -0.1) is 0 Å². The van der Waals surface area contributed by atoms with Crippen molar-refractivity contribution in [1.29, 1.82) is 0 Å². The van der Waals surface area contributed by atoms with E-state index in [-0.39, 0.29) is 0 Å². The van der Waals surface area contributed by atoms with Crippen molar-refractivity contribution in [2.75, 3.05) is 0 Å². The third-order valence-corrected chi connectivity index (χ3v) is 8.92. The van der Waals surface area contributed by atoms with Gasteiger partial charge in [0.2, 0.25) is 0 Å². The summed E-state index contributed by atoms with van der Waals surface area (Å²) in [6.45, 7) is 0. The molecule has 0 saturated heterocycles. The van der Waals surface area contributed by atoms with Crippen molar-refractivity contribution in [1.82, 2.24) is 14.5 Å². The summed E-state index contributed by atoms with van der Waals surface area (Å²) in [7, 11) is 0. The molecule has 0 unspecified atom stereocenters. The van der Waals surface area contributed by atoms with Crippen LogP contribution in [0, 0.1) is 0 Å². The second kappa shape index (κ2) is 9.15. The normalized spacial score (nSPS) is 12.0. The first-order chi connectivity index (χ1) is 22.3. The molecule has 0 atom stereocenters. The van der Waals surface area contributed by atoms with Crippen molar-refractivity contribution in [3.8, 4) is 27.9 Å². The summed E-state index contributed by atoms with van der Waals surface area (Å²) in [5, 5.41) is 4.35. The number of nitrogens with zero attached hydrogens (tertiary/aromatic N) is 3. The lowest BCUT2D eigenvalue weighted by Gasteiger charge is -2.12. The predicted octanol–water partition coefficient (Wildman–Crippen LogP) is 10.7. The van der Waals surface area contributed by atoms with Crippen LogP contribution >= 0.6 is 0 Å². The van der Waals surface area contributed by atoms with Crippen molar-refractivity contribution >= 4 is 65.9 Å². The van der Waals surface area contributed by atoms with Crippen LogP contribution in [0.1, 0.15) is 0 Å². The fourth-order valence-electron chi connectivity index (χ4n) is 6.95. The van der Waals surface area contributed by atoms with Crippen LogP contribution in [0.25, 0.3) is 93.9 Å². The fraction of sp³-hybridized carbons (Fsp3) is 0. The second-order valence-corrected chi connectivity index (χ2v) is 11.4. The Balaban J connectivity index is 1.29. The molecule has 5 aromatic heterocycles. The predicted molar refractivity (Wildman–Crippen MR) is 182 cm³/mol. The van der Waals surface area contributed by atoms with Crippen molar-refractivity contribution in [2.24, 2.45) is 0 Å². The average molecular weight is 578 g/mol. The minimum Gasteiger partial charge on any atom is -0.454 e. The van der Waals surface area contributed by atoms with Gasteiger partial charge in [-0.25, -0.2) is 0 Å². The highest BCUT2D eigenvalue weighted by atomic mass is 16.3. The van der Waals surface area contributed by atoms with E-state index in [0.29, 0.717) is 0 Å². The molecule has 0 radical (unpaired) electrons. The van der Waals surface area contributed by atoms with E-state index in [9.17, 15) is 0 Å². The second-order valence-electron chi connectivity index (χ2n) is 11.4. The maximum atomic E-state index is 6.46. The number of rotatable bonds is 3. The van der Waals surface area contributed by atoms with E-state index in [2.05, 4.69) is 94.5 Å². The lowest BCUT2D eigenvalue weighted by atomic mass is 10.00. The maximum Gasteiger partial charge on any atom is 0.161 e. The zero-order valence-corrected chi connectivity index (χ0v) is 23.9. The zero-order chi connectivity index (χ0) is 29.5. The number of para-hydroxylation sites is 4. The molecule has 5 heteroatoms. The monoisotopic (exact) mass is 577 g/mol. The number of aromatic nitrogens is 3. The molecule has 210 valence electrons. The van der Waals surface area contributed by atoms with Gasteiger partial charge in [-0.3, -0.25) is 9.97 Å². The molecule has 0 fully saturated rings. The molecule has 5 heterocycles. The Morgan fingerprint density at radius 3 is 1.82 bits per heavy atom. The van der Waals surface area contributed by atoms with Gasteiger partial charge in [0.15, 0.2) is 11.2 Å². The Hall–Kier alpha value is -6.20. The summed E-state index contributed by atoms with van der Waals surface area (Å²) in [4.78, 5) is 9.42. The van der Waals surface area contributed by atoms with Gasteiger partial charge in [-0.1, -0.05) is 66.7 Å². The summed E-state index contributed by atoms with van der Waals surface area (Å²) in [5.74, 6) is 0. The van der Waals surface area contributed by atoms with Gasteiger partial charge in [0, 0.05) is 56.3 Å². The number of fused-ring (bicyclic) bond motifs is 9. The minimum absolute atomic E-state index is 0.792. The highest BCUT2D eigenvalue weighted by molar-refractivity contribution is 6.18. The standard InChI is InChI=1S/C40H23N3O2/c1-2-9-25(10-3-1)43-33-18-17-24(26-19-21-41-36-30-11-4-6-15-34(30)44-39(26)36)23-32(33)28-14-8-13-27(38(28)43)29-20-22-42-37-31-12-5-7-16-35(31)45-40(29)37/h1-23H. The maximum absolute atomic E-state index is 6.46. The van der Waals surface area contributed by atoms with Gasteiger partial charge in [-0.2, -0.15) is 0 Å². The average Bonchev–Trinajstić information content (AvgIpc) is 3.78. The Morgan fingerprint density at radius 2 is 1.09 bits per heavy atom. The Bertz CT molecular complexity index is 2770. The molecule has 0 amide bonds. The van der Waals surface area contributed by atoms with E-state index in [1.54, 1.807) is 0 Å². The van der Waals surface area contributed by atoms with Crippen LogP contribution in [0.2, 0.25) is 0 Å². The smallest absolute Gasteiger partial charge is 0.161 e. The highest BCUT2D eigenvalue weighted by Crippen LogP contribution is 2.43. The largest absolute Gasteiger partial charge is 0.454 e. The molecular weight excluding hydrogens is 554 g/mol. The SMILES string of the molecule is c1ccc(-n2c3ccc(-c4ccnc5c4oc4ccccc45)cc3c3cccc(-c4ccnc5c4oc4ccccc45)c32)cc1. The van der Waals surface area contributed by atoms with Gasteiger partial charge < -0.3 is 13.4 Å². The van der Waals surface area contributed by atoms with Crippen LogP contribution in [0.3, 0.4) is 0 Å². The van der Waals surface area contributed by atoms with Crippen molar-refractivity contribution in [3.05, 3.63) is 140 Å². The fourth-order valence-corrected chi connectivity index (χ4v) is 6.95. The van der Waals surface area contributed by atoms with E-state index in [1.807, 2.05) is 54.9 Å². The molecule has 0 bridgehead atoms. The summed E-state index contributed by atoms with van der Waals surface area (Å²) in [6, 6.07) is 44.1. The number of benzene rings is 5. The summed E-state index contributed by atoms with van der Waals surface area (Å²) < 4.78 is 15.2. The van der Waals surface area contributed by atoms with Crippen molar-refractivity contribution in [3.63, 3.8) is 0 Å². The minimum atomic E-state index is 0.792. The Labute approximate surface area is 256 Å². The van der Waals surface area contributed by atoms with Crippen LogP contribution < -0.4 is 0 Å². The molecule has 45 heavy (non-hydrogen) atoms. The van der Waals surface area contributed by atoms with Crippen molar-refractivity contribution in [2.45, 2.75) is 0 Å². The van der Waals surface area contributed by atoms with Crippen LogP contribution in [0.15, 0.2) is 149 Å². The van der Waals surface area contributed by atoms with Gasteiger partial charge in [0.1, 0.15) is 22.2 Å². The van der Waals surface area contributed by atoms with E-state index in [4.69, 9.17) is 13.8 Å². The first-order valence-electron chi connectivity index (χ1n) is 15.0. The van der Waals surface area contributed by atoms with E-state index in [1.165, 1.54) is 0 Å². The zero-order valence-electron chi connectivity index (χ0n) is 23.9. The molecule has 5 nitrogen and oxygen atoms in total. The molecular formula is C40H23N3O2. The van der Waals surface area contributed by atoms with Gasteiger partial charge in [-0.05, 0) is 66.2 Å². The first-order valence-corrected chi connectivity index (χ1v) is 15.0. The van der Waals surface area contributed by atoms with Crippen LogP contribution in [0.5, 0.6) is 0 Å². The summed E-state index contributed by atoms with van der Waals surface area (Å²) in [5.41, 5.74) is 12.6. The molecule has 0 aliphatic carbocycles. The molecule has 10 aromatic rings. The van der Waals surface area contributed by atoms with Gasteiger partial charge in [0.05, 0.1) is 11.0 Å². The lowest BCUT2D eigenvalue weighted by Crippen LogP contribution is -1.95. The topological polar surface area (TPSA) is 57.0 Å². The summed E-state index contributed by atoms with van der Waals surface area (Å²) >= 11 is 0.